The van der Waals surface area contributed by atoms with Gasteiger partial charge in [-0.3, -0.25) is 14.5 Å². The lowest BCUT2D eigenvalue weighted by atomic mass is 9.95. The van der Waals surface area contributed by atoms with Crippen molar-refractivity contribution < 1.29 is 28.5 Å². The largest absolute Gasteiger partial charge is 0.493 e. The molecular weight excluding hydrogens is 560 g/mol. The number of benzene rings is 2. The summed E-state index contributed by atoms with van der Waals surface area (Å²) in [5.74, 6) is 1.06. The number of fused-ring (bicyclic) bond motifs is 3. The second-order valence-electron chi connectivity index (χ2n) is 10.2. The molecule has 1 fully saturated rings. The summed E-state index contributed by atoms with van der Waals surface area (Å²) in [4.78, 5) is 29.0. The van der Waals surface area contributed by atoms with Crippen LogP contribution in [0.2, 0.25) is 5.02 Å². The van der Waals surface area contributed by atoms with E-state index < -0.39 is 6.04 Å². The molecule has 0 unspecified atom stereocenters. The molecule has 1 N–H and O–H groups in total. The summed E-state index contributed by atoms with van der Waals surface area (Å²) in [6, 6.07) is 12.0. The fraction of sp³-hybridized carbons (Fsp3) is 0.375. The monoisotopic (exact) mass is 594 g/mol. The molecule has 0 saturated carbocycles. The van der Waals surface area contributed by atoms with Crippen molar-refractivity contribution in [3.05, 3.63) is 80.0 Å². The number of ether oxygens (including phenoxy) is 5. The van der Waals surface area contributed by atoms with E-state index in [2.05, 4.69) is 10.2 Å². The smallest absolute Gasteiger partial charge is 0.251 e. The Morgan fingerprint density at radius 2 is 1.64 bits per heavy atom. The molecule has 3 aromatic rings. The van der Waals surface area contributed by atoms with Gasteiger partial charge in [-0.1, -0.05) is 29.8 Å². The summed E-state index contributed by atoms with van der Waals surface area (Å²) in [7, 11) is 6.02. The Kier molecular flexibility index (Phi) is 9.21. The zero-order valence-corrected chi connectivity index (χ0v) is 25.0. The van der Waals surface area contributed by atoms with Crippen molar-refractivity contribution in [1.82, 2.24) is 10.2 Å². The van der Waals surface area contributed by atoms with Crippen LogP contribution in [0, 0.1) is 0 Å². The van der Waals surface area contributed by atoms with E-state index >= 15 is 0 Å². The molecule has 2 aliphatic rings. The predicted octanol–water partition coefficient (Wildman–Crippen LogP) is 4.65. The zero-order valence-electron chi connectivity index (χ0n) is 24.3. The van der Waals surface area contributed by atoms with Gasteiger partial charge in [0.05, 0.1) is 52.7 Å². The van der Waals surface area contributed by atoms with Gasteiger partial charge in [-0.15, -0.1) is 0 Å². The van der Waals surface area contributed by atoms with Crippen molar-refractivity contribution in [3.8, 4) is 34.1 Å². The number of methoxy groups -OCH3 is 4. The molecule has 0 radical (unpaired) electrons. The molecule has 0 aromatic heterocycles. The summed E-state index contributed by atoms with van der Waals surface area (Å²) in [5, 5.41) is 3.56. The fourth-order valence-corrected chi connectivity index (χ4v) is 6.06. The van der Waals surface area contributed by atoms with Gasteiger partial charge in [0, 0.05) is 30.8 Å². The van der Waals surface area contributed by atoms with Gasteiger partial charge in [0.15, 0.2) is 17.2 Å². The number of carbonyl (C=O) groups excluding carboxylic acids is 1. The highest BCUT2D eigenvalue weighted by molar-refractivity contribution is 6.34. The third-order valence-corrected chi connectivity index (χ3v) is 8.24. The highest BCUT2D eigenvalue weighted by atomic mass is 35.5. The number of rotatable bonds is 8. The molecule has 0 spiro atoms. The van der Waals surface area contributed by atoms with Crippen molar-refractivity contribution in [2.45, 2.75) is 25.4 Å². The van der Waals surface area contributed by atoms with E-state index in [0.29, 0.717) is 57.4 Å². The molecule has 222 valence electrons. The Bertz CT molecular complexity index is 1520. The molecule has 1 amide bonds. The maximum absolute atomic E-state index is 13.6. The van der Waals surface area contributed by atoms with Crippen molar-refractivity contribution >= 4 is 17.5 Å². The summed E-state index contributed by atoms with van der Waals surface area (Å²) < 4.78 is 27.9. The van der Waals surface area contributed by atoms with Crippen LogP contribution in [0.5, 0.6) is 23.0 Å². The van der Waals surface area contributed by atoms with E-state index in [-0.39, 0.29) is 17.1 Å². The molecule has 42 heavy (non-hydrogen) atoms. The van der Waals surface area contributed by atoms with Crippen molar-refractivity contribution in [2.24, 2.45) is 0 Å². The third-order valence-electron chi connectivity index (χ3n) is 7.84. The Morgan fingerprint density at radius 3 is 2.29 bits per heavy atom. The van der Waals surface area contributed by atoms with E-state index in [9.17, 15) is 9.59 Å². The van der Waals surface area contributed by atoms with Crippen molar-refractivity contribution in [2.75, 3.05) is 54.7 Å². The second kappa shape index (κ2) is 13.0. The van der Waals surface area contributed by atoms with Crippen LogP contribution in [0.4, 0.5) is 0 Å². The lowest BCUT2D eigenvalue weighted by Gasteiger charge is -2.26. The Hall–Kier alpha value is -3.79. The van der Waals surface area contributed by atoms with Crippen LogP contribution in [0.3, 0.4) is 0 Å². The number of amides is 1. The Labute approximate surface area is 250 Å². The average molecular weight is 595 g/mol. The minimum atomic E-state index is -0.504. The number of nitrogens with zero attached hydrogens (tertiary/aromatic N) is 1. The summed E-state index contributed by atoms with van der Waals surface area (Å²) in [6.45, 7) is 4.06. The van der Waals surface area contributed by atoms with Gasteiger partial charge < -0.3 is 29.0 Å². The van der Waals surface area contributed by atoms with E-state index in [0.717, 1.165) is 44.0 Å². The van der Waals surface area contributed by atoms with Gasteiger partial charge in [-0.25, -0.2) is 0 Å². The molecule has 3 aromatic carbocycles. The molecule has 5 rings (SSSR count). The van der Waals surface area contributed by atoms with Crippen molar-refractivity contribution in [1.29, 1.82) is 0 Å². The molecule has 1 saturated heterocycles. The van der Waals surface area contributed by atoms with Crippen LogP contribution in [0.25, 0.3) is 11.1 Å². The van der Waals surface area contributed by atoms with Crippen LogP contribution >= 0.6 is 11.6 Å². The Balaban J connectivity index is 1.54. The first-order chi connectivity index (χ1) is 20.4. The highest BCUT2D eigenvalue weighted by Crippen LogP contribution is 2.54. The van der Waals surface area contributed by atoms with Crippen LogP contribution < -0.4 is 29.7 Å². The van der Waals surface area contributed by atoms with Gasteiger partial charge in [-0.05, 0) is 59.4 Å². The third kappa shape index (κ3) is 5.77. The molecule has 9 nitrogen and oxygen atoms in total. The predicted molar refractivity (Wildman–Crippen MR) is 160 cm³/mol. The lowest BCUT2D eigenvalue weighted by Crippen LogP contribution is -2.35. The quantitative estimate of drug-likeness (QED) is 0.403. The summed E-state index contributed by atoms with van der Waals surface area (Å²) in [5.41, 5.74) is 4.10. The lowest BCUT2D eigenvalue weighted by molar-refractivity contribution is 0.0342. The normalized spacial score (nSPS) is 16.5. The molecular formula is C32H35ClN2O7. The van der Waals surface area contributed by atoms with E-state index in [1.807, 2.05) is 24.3 Å². The summed E-state index contributed by atoms with van der Waals surface area (Å²) in [6.07, 6.45) is 0.961. The van der Waals surface area contributed by atoms with Gasteiger partial charge in [0.1, 0.15) is 0 Å². The van der Waals surface area contributed by atoms with Crippen LogP contribution in [-0.2, 0) is 17.7 Å². The van der Waals surface area contributed by atoms with Gasteiger partial charge >= 0.3 is 0 Å². The van der Waals surface area contributed by atoms with E-state index in [1.54, 1.807) is 19.2 Å². The number of morpholine rings is 1. The molecule has 0 bridgehead atoms. The number of nitrogens with one attached hydrogen (secondary N) is 1. The maximum Gasteiger partial charge on any atom is 0.251 e. The molecule has 10 heteroatoms. The molecule has 1 aliphatic carbocycles. The fourth-order valence-electron chi connectivity index (χ4n) is 5.71. The first-order valence-corrected chi connectivity index (χ1v) is 14.2. The van der Waals surface area contributed by atoms with Crippen molar-refractivity contribution in [3.63, 3.8) is 0 Å². The number of halogens is 1. The summed E-state index contributed by atoms with van der Waals surface area (Å²) >= 11 is 6.89. The number of hydrogen-bond acceptors (Lipinski definition) is 8. The van der Waals surface area contributed by atoms with E-state index in [1.165, 1.54) is 27.4 Å². The second-order valence-corrected chi connectivity index (χ2v) is 10.6. The van der Waals surface area contributed by atoms with Gasteiger partial charge in [0.25, 0.3) is 5.91 Å². The SMILES string of the molecule is COc1c(Cl)c2c(c(OC)c1OC)-c1ccc(OC)c(=O)cc1[C@@H](NC(=O)c1ccc(CN3CCOCC3)cc1)CC2. The van der Waals surface area contributed by atoms with E-state index in [4.69, 9.17) is 35.3 Å². The zero-order chi connectivity index (χ0) is 29.8. The minimum Gasteiger partial charge on any atom is -0.493 e. The van der Waals surface area contributed by atoms with Crippen LogP contribution in [-0.4, -0.2) is 65.5 Å². The maximum atomic E-state index is 13.6. The topological polar surface area (TPSA) is 95.6 Å². The van der Waals surface area contributed by atoms with Crippen LogP contribution in [0.15, 0.2) is 47.3 Å². The molecule has 1 aliphatic heterocycles. The Morgan fingerprint density at radius 1 is 0.952 bits per heavy atom. The van der Waals surface area contributed by atoms with Crippen LogP contribution in [0.1, 0.15) is 39.5 Å². The first kappa shape index (κ1) is 29.7. The van der Waals surface area contributed by atoms with Gasteiger partial charge in [0.2, 0.25) is 11.2 Å². The standard InChI is InChI=1S/C32H35ClN2O7/c1-38-26-12-10-21-23(17-25(26)36)24(11-9-22-27(21)29(39-2)31(41-4)30(40-3)28(22)33)34-32(37)20-7-5-19(6-8-20)18-35-13-15-42-16-14-35/h5-8,10,12,17,24H,9,11,13-16,18H2,1-4H3,(H,34,37)/t24-/m0/s1. The molecule has 1 atom stereocenters. The minimum absolute atomic E-state index is 0.177. The highest BCUT2D eigenvalue weighted by Gasteiger charge is 2.32. The average Bonchev–Trinajstić information content (AvgIpc) is 3.26. The number of carbonyl (C=O) groups is 1. The first-order valence-electron chi connectivity index (χ1n) is 13.8. The molecule has 1 heterocycles. The van der Waals surface area contributed by atoms with Gasteiger partial charge in [-0.2, -0.15) is 0 Å². The number of hydrogen-bond donors (Lipinski definition) is 1.